The minimum Gasteiger partial charge on any atom is -0.338 e. The normalized spacial score (nSPS) is 41.9. The van der Waals surface area contributed by atoms with Crippen LogP contribution in [0, 0.1) is 5.92 Å². The molecule has 96 valence electrons. The van der Waals surface area contributed by atoms with E-state index >= 15 is 0 Å². The molecule has 0 aromatic carbocycles. The summed E-state index contributed by atoms with van der Waals surface area (Å²) in [5.74, 6) is 1.17. The summed E-state index contributed by atoms with van der Waals surface area (Å²) in [6.07, 6.45) is 8.56. The summed E-state index contributed by atoms with van der Waals surface area (Å²) >= 11 is 0. The fourth-order valence-corrected chi connectivity index (χ4v) is 3.97. The van der Waals surface area contributed by atoms with Crippen LogP contribution in [-0.2, 0) is 4.79 Å². The van der Waals surface area contributed by atoms with E-state index in [2.05, 4.69) is 17.1 Å². The lowest BCUT2D eigenvalue weighted by molar-refractivity contribution is -0.127. The number of fused-ring (bicyclic) bond motifs is 1. The number of carbonyl (C=O) groups excluding carboxylic acids is 1. The molecule has 3 heteroatoms. The highest BCUT2D eigenvalue weighted by Crippen LogP contribution is 2.31. The Balaban J connectivity index is 1.63. The summed E-state index contributed by atoms with van der Waals surface area (Å²) < 4.78 is 0. The van der Waals surface area contributed by atoms with E-state index in [1.54, 1.807) is 0 Å². The Kier molecular flexibility index (Phi) is 3.12. The van der Waals surface area contributed by atoms with Crippen molar-refractivity contribution in [3.8, 4) is 0 Å². The maximum atomic E-state index is 11.9. The summed E-state index contributed by atoms with van der Waals surface area (Å²) in [7, 11) is 0. The van der Waals surface area contributed by atoms with Gasteiger partial charge in [-0.3, -0.25) is 4.79 Å². The van der Waals surface area contributed by atoms with E-state index in [0.717, 1.165) is 18.9 Å². The van der Waals surface area contributed by atoms with Gasteiger partial charge in [-0.15, -0.1) is 0 Å². The highest BCUT2D eigenvalue weighted by atomic mass is 16.2. The fourth-order valence-electron chi connectivity index (χ4n) is 3.97. The zero-order chi connectivity index (χ0) is 11.8. The van der Waals surface area contributed by atoms with Crippen LogP contribution < -0.4 is 5.32 Å². The van der Waals surface area contributed by atoms with Gasteiger partial charge in [0, 0.05) is 31.1 Å². The molecule has 17 heavy (non-hydrogen) atoms. The zero-order valence-electron chi connectivity index (χ0n) is 10.8. The Hall–Kier alpha value is -0.570. The molecule has 4 atom stereocenters. The van der Waals surface area contributed by atoms with Crippen LogP contribution in [0.4, 0.5) is 0 Å². The average molecular weight is 236 g/mol. The van der Waals surface area contributed by atoms with Crippen LogP contribution in [0.5, 0.6) is 0 Å². The third kappa shape index (κ3) is 2.10. The number of hydrogen-bond acceptors (Lipinski definition) is 2. The maximum Gasteiger partial charge on any atom is 0.224 e. The SMILES string of the molecule is CC1CCCCC1NC1CC(=O)N2CCCC12. The quantitative estimate of drug-likeness (QED) is 0.794. The predicted molar refractivity (Wildman–Crippen MR) is 67.7 cm³/mol. The summed E-state index contributed by atoms with van der Waals surface area (Å²) in [5, 5.41) is 3.81. The van der Waals surface area contributed by atoms with E-state index in [0.29, 0.717) is 24.0 Å². The molecule has 1 saturated carbocycles. The van der Waals surface area contributed by atoms with Gasteiger partial charge < -0.3 is 10.2 Å². The number of carbonyl (C=O) groups is 1. The maximum absolute atomic E-state index is 11.9. The van der Waals surface area contributed by atoms with E-state index in [1.165, 1.54) is 38.5 Å². The second-order valence-electron chi connectivity index (χ2n) is 6.14. The molecule has 3 nitrogen and oxygen atoms in total. The molecule has 2 aliphatic heterocycles. The molecule has 3 aliphatic rings. The second-order valence-corrected chi connectivity index (χ2v) is 6.14. The van der Waals surface area contributed by atoms with Gasteiger partial charge in [-0.2, -0.15) is 0 Å². The topological polar surface area (TPSA) is 32.3 Å². The van der Waals surface area contributed by atoms with Crippen LogP contribution in [0.1, 0.15) is 51.9 Å². The largest absolute Gasteiger partial charge is 0.338 e. The van der Waals surface area contributed by atoms with Gasteiger partial charge in [-0.1, -0.05) is 19.8 Å². The summed E-state index contributed by atoms with van der Waals surface area (Å²) in [4.78, 5) is 14.0. The lowest BCUT2D eigenvalue weighted by Crippen LogP contribution is -2.47. The molecule has 2 saturated heterocycles. The molecule has 3 rings (SSSR count). The highest BCUT2D eigenvalue weighted by Gasteiger charge is 2.43. The van der Waals surface area contributed by atoms with E-state index in [4.69, 9.17) is 0 Å². The van der Waals surface area contributed by atoms with Crippen molar-refractivity contribution in [2.75, 3.05) is 6.54 Å². The van der Waals surface area contributed by atoms with Crippen LogP contribution in [0.2, 0.25) is 0 Å². The lowest BCUT2D eigenvalue weighted by Gasteiger charge is -2.33. The van der Waals surface area contributed by atoms with Gasteiger partial charge in [0.15, 0.2) is 0 Å². The van der Waals surface area contributed by atoms with Crippen molar-refractivity contribution in [2.24, 2.45) is 5.92 Å². The summed E-state index contributed by atoms with van der Waals surface area (Å²) in [5.41, 5.74) is 0. The van der Waals surface area contributed by atoms with Gasteiger partial charge >= 0.3 is 0 Å². The fraction of sp³-hybridized carbons (Fsp3) is 0.929. The van der Waals surface area contributed by atoms with Crippen molar-refractivity contribution >= 4 is 5.91 Å². The smallest absolute Gasteiger partial charge is 0.224 e. The molecule has 1 N–H and O–H groups in total. The number of nitrogens with one attached hydrogen (secondary N) is 1. The van der Waals surface area contributed by atoms with Crippen molar-refractivity contribution in [2.45, 2.75) is 70.0 Å². The highest BCUT2D eigenvalue weighted by molar-refractivity contribution is 5.80. The first-order chi connectivity index (χ1) is 8.25. The standard InChI is InChI=1S/C14H24N2O/c1-10-5-2-3-6-11(10)15-12-9-14(17)16-8-4-7-13(12)16/h10-13,15H,2-9H2,1H3. The molecule has 0 aromatic heterocycles. The van der Waals surface area contributed by atoms with Gasteiger partial charge in [0.05, 0.1) is 0 Å². The zero-order valence-corrected chi connectivity index (χ0v) is 10.8. The Morgan fingerprint density at radius 2 is 1.94 bits per heavy atom. The third-order valence-electron chi connectivity index (χ3n) is 5.02. The van der Waals surface area contributed by atoms with Gasteiger partial charge in [0.1, 0.15) is 0 Å². The molecule has 1 aliphatic carbocycles. The van der Waals surface area contributed by atoms with Crippen LogP contribution in [0.3, 0.4) is 0 Å². The van der Waals surface area contributed by atoms with Crippen LogP contribution >= 0.6 is 0 Å². The van der Waals surface area contributed by atoms with Crippen molar-refractivity contribution in [3.63, 3.8) is 0 Å². The molecule has 0 spiro atoms. The van der Waals surface area contributed by atoms with Crippen molar-refractivity contribution < 1.29 is 4.79 Å². The number of nitrogens with zero attached hydrogens (tertiary/aromatic N) is 1. The monoisotopic (exact) mass is 236 g/mol. The van der Waals surface area contributed by atoms with E-state index in [9.17, 15) is 4.79 Å². The molecule has 3 fully saturated rings. The molecule has 2 heterocycles. The summed E-state index contributed by atoms with van der Waals surface area (Å²) in [6, 6.07) is 1.61. The predicted octanol–water partition coefficient (Wildman–Crippen LogP) is 1.92. The van der Waals surface area contributed by atoms with Gasteiger partial charge in [0.2, 0.25) is 5.91 Å². The second kappa shape index (κ2) is 4.60. The molecule has 0 bridgehead atoms. The van der Waals surface area contributed by atoms with E-state index in [1.807, 2.05) is 0 Å². The first kappa shape index (κ1) is 11.5. The molecular weight excluding hydrogens is 212 g/mol. The molecule has 4 unspecified atom stereocenters. The molecule has 0 radical (unpaired) electrons. The molecule has 1 amide bonds. The lowest BCUT2D eigenvalue weighted by atomic mass is 9.85. The van der Waals surface area contributed by atoms with E-state index < -0.39 is 0 Å². The first-order valence-electron chi connectivity index (χ1n) is 7.31. The van der Waals surface area contributed by atoms with Crippen molar-refractivity contribution in [3.05, 3.63) is 0 Å². The Morgan fingerprint density at radius 3 is 2.76 bits per heavy atom. The molecule has 0 aromatic rings. The van der Waals surface area contributed by atoms with Crippen LogP contribution in [0.25, 0.3) is 0 Å². The third-order valence-corrected chi connectivity index (χ3v) is 5.02. The minimum absolute atomic E-state index is 0.383. The Morgan fingerprint density at radius 1 is 1.12 bits per heavy atom. The van der Waals surface area contributed by atoms with E-state index in [-0.39, 0.29) is 0 Å². The van der Waals surface area contributed by atoms with Crippen molar-refractivity contribution in [1.82, 2.24) is 10.2 Å². The number of hydrogen-bond donors (Lipinski definition) is 1. The van der Waals surface area contributed by atoms with Gasteiger partial charge in [-0.25, -0.2) is 0 Å². The minimum atomic E-state index is 0.383. The number of rotatable bonds is 2. The average Bonchev–Trinajstić information content (AvgIpc) is 2.88. The first-order valence-corrected chi connectivity index (χ1v) is 7.31. The Bertz CT molecular complexity index is 305. The van der Waals surface area contributed by atoms with Crippen LogP contribution in [-0.4, -0.2) is 35.5 Å². The Labute approximate surface area is 104 Å². The number of amides is 1. The van der Waals surface area contributed by atoms with Gasteiger partial charge in [0.25, 0.3) is 0 Å². The van der Waals surface area contributed by atoms with Gasteiger partial charge in [-0.05, 0) is 31.6 Å². The van der Waals surface area contributed by atoms with Crippen molar-refractivity contribution in [1.29, 1.82) is 0 Å². The summed E-state index contributed by atoms with van der Waals surface area (Å²) in [6.45, 7) is 3.36. The molecular formula is C14H24N2O. The van der Waals surface area contributed by atoms with Crippen LogP contribution in [0.15, 0.2) is 0 Å².